The molecule has 8 aromatic rings. The predicted octanol–water partition coefficient (Wildman–Crippen LogP) is 10.6. The number of carbonyl (C=O) groups excluding carboxylic acids is 1. The fourth-order valence-corrected chi connectivity index (χ4v) is 6.41. The third-order valence-electron chi connectivity index (χ3n) is 9.37. The van der Waals surface area contributed by atoms with E-state index in [2.05, 4.69) is 103 Å². The lowest BCUT2D eigenvalue weighted by atomic mass is 10.0. The number of rotatable bonds is 7. The Kier molecular flexibility index (Phi) is 11.9. The van der Waals surface area contributed by atoms with E-state index in [4.69, 9.17) is 15.7 Å². The molecule has 4 aromatic heterocycles. The van der Waals surface area contributed by atoms with Crippen LogP contribution in [0.4, 0.5) is 11.4 Å². The van der Waals surface area contributed by atoms with Crippen molar-refractivity contribution in [3.63, 3.8) is 0 Å². The van der Waals surface area contributed by atoms with E-state index in [1.54, 1.807) is 12.3 Å². The average molecular weight is 697 g/mol. The molecule has 0 saturated carbocycles. The molecule has 0 radical (unpaired) electrons. The second-order valence-electron chi connectivity index (χ2n) is 12.6. The molecule has 0 fully saturated rings. The molecule has 0 unspecified atom stereocenters. The Morgan fingerprint density at radius 3 is 1.40 bits per heavy atom. The largest absolute Gasteiger partial charge is 0.398 e. The Morgan fingerprint density at radius 1 is 0.509 bits per heavy atom. The second-order valence-corrected chi connectivity index (χ2v) is 12.6. The summed E-state index contributed by atoms with van der Waals surface area (Å²) in [6.45, 7) is 8.59. The minimum atomic E-state index is 0.436. The van der Waals surface area contributed by atoms with Crippen LogP contribution in [0, 0.1) is 0 Å². The molecule has 4 aromatic carbocycles. The zero-order valence-electron chi connectivity index (χ0n) is 30.8. The Labute approximate surface area is 310 Å². The SMILES string of the molecule is CCc1cccc(CC)c1N.CCc1cccc(CC)c1N=Cc1ccc2ccc3cccnc3c2n1.O=Cc1ccc2ccc3cccnc3c2n1. The van der Waals surface area contributed by atoms with Crippen LogP contribution in [-0.2, 0) is 25.7 Å². The lowest BCUT2D eigenvalue weighted by molar-refractivity contribution is 0.111. The Hall–Kier alpha value is -6.34. The molecule has 0 bridgehead atoms. The molecule has 0 saturated heterocycles. The van der Waals surface area contributed by atoms with E-state index in [1.165, 1.54) is 22.3 Å². The van der Waals surface area contributed by atoms with Crippen LogP contribution in [0.2, 0.25) is 0 Å². The Morgan fingerprint density at radius 2 is 0.925 bits per heavy atom. The molecule has 0 amide bonds. The Bertz CT molecular complexity index is 2520. The van der Waals surface area contributed by atoms with Gasteiger partial charge in [0.2, 0.25) is 0 Å². The predicted molar refractivity (Wildman–Crippen MR) is 222 cm³/mol. The molecule has 264 valence electrons. The standard InChI is InChI=1S/C23H21N3.C13H8N2O.C10H15N/c1-3-16-7-5-8-17(4-2)21(16)25-15-20-13-12-19-11-10-18-9-6-14-24-22(18)23(19)26-20;16-8-11-6-5-10-4-3-9-2-1-7-14-12(9)13(10)15-11;1-3-8-6-5-7-9(4-2)10(8)11/h5-15H,3-4H2,1-2H3;1-8H;5-7H,3-4,11H2,1-2H3. The number of hydrogen-bond donors (Lipinski definition) is 1. The third kappa shape index (κ3) is 8.26. The van der Waals surface area contributed by atoms with Crippen molar-refractivity contribution in [2.45, 2.75) is 53.4 Å². The monoisotopic (exact) mass is 696 g/mol. The molecule has 7 heteroatoms. The summed E-state index contributed by atoms with van der Waals surface area (Å²) < 4.78 is 0. The van der Waals surface area contributed by atoms with Gasteiger partial charge in [-0.2, -0.15) is 0 Å². The van der Waals surface area contributed by atoms with Crippen LogP contribution in [0.25, 0.3) is 43.6 Å². The first-order chi connectivity index (χ1) is 26.0. The first-order valence-corrected chi connectivity index (χ1v) is 18.2. The number of nitrogens with two attached hydrogens (primary N) is 1. The van der Waals surface area contributed by atoms with E-state index < -0.39 is 0 Å². The van der Waals surface area contributed by atoms with Gasteiger partial charge in [0.05, 0.1) is 39.7 Å². The molecule has 4 heterocycles. The first kappa shape index (κ1) is 36.5. The van der Waals surface area contributed by atoms with Gasteiger partial charge in [-0.05, 0) is 72.2 Å². The molecule has 8 rings (SSSR count). The number of fused-ring (bicyclic) bond motifs is 6. The molecule has 2 N–H and O–H groups in total. The molecule has 0 aliphatic heterocycles. The van der Waals surface area contributed by atoms with Crippen LogP contribution in [0.5, 0.6) is 0 Å². The maximum absolute atomic E-state index is 10.7. The molecule has 53 heavy (non-hydrogen) atoms. The summed E-state index contributed by atoms with van der Waals surface area (Å²) in [6.07, 6.45) is 10.2. The number of aldehydes is 1. The summed E-state index contributed by atoms with van der Waals surface area (Å²) >= 11 is 0. The van der Waals surface area contributed by atoms with E-state index >= 15 is 0 Å². The smallest absolute Gasteiger partial charge is 0.168 e. The molecular weight excluding hydrogens is 653 g/mol. The summed E-state index contributed by atoms with van der Waals surface area (Å²) in [5.41, 5.74) is 17.8. The van der Waals surface area contributed by atoms with Gasteiger partial charge in [0.1, 0.15) is 5.69 Å². The number of aromatic nitrogens is 4. The number of pyridine rings is 4. The van der Waals surface area contributed by atoms with Crippen molar-refractivity contribution < 1.29 is 4.79 Å². The van der Waals surface area contributed by atoms with E-state index in [0.29, 0.717) is 5.69 Å². The number of benzene rings is 4. The van der Waals surface area contributed by atoms with Crippen molar-refractivity contribution in [3.8, 4) is 0 Å². The molecule has 7 nitrogen and oxygen atoms in total. The van der Waals surface area contributed by atoms with Gasteiger partial charge in [-0.25, -0.2) is 9.97 Å². The van der Waals surface area contributed by atoms with Crippen LogP contribution in [0.1, 0.15) is 66.1 Å². The fraction of sp³-hybridized carbons (Fsp3) is 0.174. The number of hydrogen-bond acceptors (Lipinski definition) is 7. The number of para-hydroxylation sites is 2. The van der Waals surface area contributed by atoms with Gasteiger partial charge >= 0.3 is 0 Å². The molecule has 0 spiro atoms. The normalized spacial score (nSPS) is 11.0. The lowest BCUT2D eigenvalue weighted by Crippen LogP contribution is -1.97. The van der Waals surface area contributed by atoms with E-state index in [-0.39, 0.29) is 0 Å². The van der Waals surface area contributed by atoms with Crippen LogP contribution < -0.4 is 5.73 Å². The third-order valence-corrected chi connectivity index (χ3v) is 9.37. The van der Waals surface area contributed by atoms with Gasteiger partial charge in [-0.1, -0.05) is 113 Å². The first-order valence-electron chi connectivity index (χ1n) is 18.2. The van der Waals surface area contributed by atoms with Crippen molar-refractivity contribution in [1.29, 1.82) is 0 Å². The number of anilines is 1. The summed E-state index contributed by atoms with van der Waals surface area (Å²) in [6, 6.07) is 36.4. The zero-order valence-corrected chi connectivity index (χ0v) is 30.8. The number of nitrogens with zero attached hydrogens (tertiary/aromatic N) is 5. The van der Waals surface area contributed by atoms with Gasteiger partial charge in [0, 0.05) is 39.6 Å². The maximum atomic E-state index is 10.7. The highest BCUT2D eigenvalue weighted by molar-refractivity contribution is 6.04. The topological polar surface area (TPSA) is 107 Å². The Balaban J connectivity index is 0.000000151. The summed E-state index contributed by atoms with van der Waals surface area (Å²) in [5.74, 6) is 0. The van der Waals surface area contributed by atoms with Gasteiger partial charge in [-0.3, -0.25) is 19.8 Å². The van der Waals surface area contributed by atoms with E-state index in [1.807, 2.05) is 54.9 Å². The molecule has 0 aliphatic rings. The highest BCUT2D eigenvalue weighted by Gasteiger charge is 2.07. The quantitative estimate of drug-likeness (QED) is 0.0769. The van der Waals surface area contributed by atoms with E-state index in [9.17, 15) is 4.79 Å². The summed E-state index contributed by atoms with van der Waals surface area (Å²) in [7, 11) is 0. The van der Waals surface area contributed by atoms with E-state index in [0.717, 1.165) is 92.6 Å². The maximum Gasteiger partial charge on any atom is 0.168 e. The summed E-state index contributed by atoms with van der Waals surface area (Å²) in [5, 5.41) is 4.23. The number of aryl methyl sites for hydroxylation is 4. The van der Waals surface area contributed by atoms with Crippen molar-refractivity contribution >= 4 is 67.5 Å². The number of nitrogen functional groups attached to an aromatic ring is 1. The van der Waals surface area contributed by atoms with Gasteiger partial charge in [-0.15, -0.1) is 0 Å². The highest BCUT2D eigenvalue weighted by Crippen LogP contribution is 2.27. The van der Waals surface area contributed by atoms with Crippen LogP contribution in [-0.4, -0.2) is 32.4 Å². The molecule has 0 atom stereocenters. The highest BCUT2D eigenvalue weighted by atomic mass is 16.1. The zero-order chi connectivity index (χ0) is 37.2. The van der Waals surface area contributed by atoms with Crippen LogP contribution in [0.15, 0.2) is 127 Å². The number of carbonyl (C=O) groups is 1. The van der Waals surface area contributed by atoms with Crippen molar-refractivity contribution in [3.05, 3.63) is 155 Å². The second kappa shape index (κ2) is 17.2. The minimum absolute atomic E-state index is 0.436. The van der Waals surface area contributed by atoms with Crippen LogP contribution in [0.3, 0.4) is 0 Å². The number of aliphatic imine (C=N–C) groups is 1. The van der Waals surface area contributed by atoms with Crippen LogP contribution >= 0.6 is 0 Å². The summed E-state index contributed by atoms with van der Waals surface area (Å²) in [4.78, 5) is 33.4. The average Bonchev–Trinajstić information content (AvgIpc) is 3.22. The van der Waals surface area contributed by atoms with Crippen molar-refractivity contribution in [2.75, 3.05) is 5.73 Å². The molecule has 0 aliphatic carbocycles. The van der Waals surface area contributed by atoms with Gasteiger partial charge in [0.25, 0.3) is 0 Å². The van der Waals surface area contributed by atoms with Crippen molar-refractivity contribution in [1.82, 2.24) is 19.9 Å². The lowest BCUT2D eigenvalue weighted by Gasteiger charge is -2.08. The van der Waals surface area contributed by atoms with Crippen molar-refractivity contribution in [2.24, 2.45) is 4.99 Å². The van der Waals surface area contributed by atoms with Gasteiger partial charge < -0.3 is 5.73 Å². The fourth-order valence-electron chi connectivity index (χ4n) is 6.41. The molecular formula is C46H44N6O. The minimum Gasteiger partial charge on any atom is -0.398 e. The van der Waals surface area contributed by atoms with Gasteiger partial charge in [0.15, 0.2) is 6.29 Å².